The number of carbonyl (C=O) groups excluding carboxylic acids is 2. The number of halogens is 3. The highest BCUT2D eigenvalue weighted by molar-refractivity contribution is 8.05. The van der Waals surface area contributed by atoms with Crippen molar-refractivity contribution >= 4 is 52.5 Å². The summed E-state index contributed by atoms with van der Waals surface area (Å²) in [5.41, 5.74) is 0.876. The van der Waals surface area contributed by atoms with Crippen molar-refractivity contribution in [1.29, 1.82) is 5.26 Å². The maximum Gasteiger partial charge on any atom is 0.264 e. The Kier molecular flexibility index (Phi) is 6.48. The number of carbonyl (C=O) groups is 2. The lowest BCUT2D eigenvalue weighted by Crippen LogP contribution is -2.31. The Morgan fingerprint density at radius 2 is 1.97 bits per heavy atom. The molecule has 9 heteroatoms. The van der Waals surface area contributed by atoms with Crippen LogP contribution in [0, 0.1) is 17.1 Å². The van der Waals surface area contributed by atoms with Gasteiger partial charge in [0.25, 0.3) is 5.91 Å². The predicted octanol–water partition coefficient (Wildman–Crippen LogP) is 4.30. The number of rotatable bonds is 4. The summed E-state index contributed by atoms with van der Waals surface area (Å²) < 4.78 is 13.4. The highest BCUT2D eigenvalue weighted by Gasteiger charge is 2.40. The molecular weight excluding hydrogens is 436 g/mol. The molecule has 1 unspecified atom stereocenters. The predicted molar refractivity (Wildman–Crippen MR) is 112 cm³/mol. The largest absolute Gasteiger partial charge is 0.354 e. The molecule has 3 rings (SSSR count). The van der Waals surface area contributed by atoms with E-state index >= 15 is 0 Å². The molecule has 1 atom stereocenters. The fourth-order valence-electron chi connectivity index (χ4n) is 2.82. The van der Waals surface area contributed by atoms with Gasteiger partial charge in [0.2, 0.25) is 5.91 Å². The summed E-state index contributed by atoms with van der Waals surface area (Å²) in [5, 5.41) is 12.4. The van der Waals surface area contributed by atoms with Crippen molar-refractivity contribution in [2.75, 3.05) is 11.9 Å². The van der Waals surface area contributed by atoms with E-state index in [4.69, 9.17) is 23.2 Å². The highest BCUT2D eigenvalue weighted by atomic mass is 35.5. The van der Waals surface area contributed by atoms with E-state index in [2.05, 4.69) is 5.32 Å². The van der Waals surface area contributed by atoms with Crippen molar-refractivity contribution in [3.8, 4) is 6.07 Å². The third kappa shape index (κ3) is 4.40. The van der Waals surface area contributed by atoms with Gasteiger partial charge < -0.3 is 5.32 Å². The van der Waals surface area contributed by atoms with Gasteiger partial charge in [-0.15, -0.1) is 0 Å². The van der Waals surface area contributed by atoms with Crippen molar-refractivity contribution < 1.29 is 14.0 Å². The van der Waals surface area contributed by atoms with Gasteiger partial charge in [-0.3, -0.25) is 14.5 Å². The van der Waals surface area contributed by atoms with E-state index in [0.29, 0.717) is 21.3 Å². The lowest BCUT2D eigenvalue weighted by molar-refractivity contribution is -0.117. The van der Waals surface area contributed by atoms with Crippen molar-refractivity contribution in [3.05, 3.63) is 74.5 Å². The van der Waals surface area contributed by atoms with Crippen LogP contribution in [0.4, 0.5) is 10.1 Å². The maximum absolute atomic E-state index is 13.4. The maximum atomic E-state index is 13.4. The van der Waals surface area contributed by atoms with Gasteiger partial charge in [-0.25, -0.2) is 4.39 Å². The van der Waals surface area contributed by atoms with E-state index in [-0.39, 0.29) is 22.9 Å². The van der Waals surface area contributed by atoms with Crippen LogP contribution in [0.5, 0.6) is 0 Å². The van der Waals surface area contributed by atoms with Crippen molar-refractivity contribution in [3.63, 3.8) is 0 Å². The van der Waals surface area contributed by atoms with Gasteiger partial charge in [0, 0.05) is 22.8 Å². The molecule has 0 radical (unpaired) electrons. The van der Waals surface area contributed by atoms with Gasteiger partial charge in [-0.1, -0.05) is 41.0 Å². The van der Waals surface area contributed by atoms with Crippen LogP contribution in [0.25, 0.3) is 0 Å². The molecule has 2 aromatic rings. The van der Waals surface area contributed by atoms with Gasteiger partial charge >= 0.3 is 0 Å². The smallest absolute Gasteiger partial charge is 0.264 e. The van der Waals surface area contributed by atoms with E-state index in [0.717, 1.165) is 11.8 Å². The van der Waals surface area contributed by atoms with Gasteiger partial charge in [-0.2, -0.15) is 5.26 Å². The molecule has 1 N–H and O–H groups in total. The first-order valence-electron chi connectivity index (χ1n) is 8.42. The van der Waals surface area contributed by atoms with Crippen LogP contribution in [0.15, 0.2) is 53.1 Å². The second kappa shape index (κ2) is 8.87. The minimum atomic E-state index is -0.623. The molecule has 0 aliphatic carbocycles. The molecule has 0 saturated carbocycles. The van der Waals surface area contributed by atoms with Gasteiger partial charge in [-0.05, 0) is 48.4 Å². The third-order valence-electron chi connectivity index (χ3n) is 4.24. The summed E-state index contributed by atoms with van der Waals surface area (Å²) in [6.07, 6.45) is 0.271. The number of likely N-dealkylation sites (N-methyl/N-ethyl adjacent to an activating group) is 1. The van der Waals surface area contributed by atoms with Crippen molar-refractivity contribution in [2.45, 2.75) is 11.7 Å². The minimum Gasteiger partial charge on any atom is -0.354 e. The number of thioether (sulfide) groups is 1. The highest BCUT2D eigenvalue weighted by Crippen LogP contribution is 2.42. The summed E-state index contributed by atoms with van der Waals surface area (Å²) in [5.74, 6) is -1.41. The molecule has 0 bridgehead atoms. The van der Waals surface area contributed by atoms with Crippen LogP contribution in [0.2, 0.25) is 10.0 Å². The van der Waals surface area contributed by atoms with Crippen LogP contribution in [-0.2, 0) is 16.0 Å². The first-order valence-corrected chi connectivity index (χ1v) is 10.1. The van der Waals surface area contributed by atoms with Crippen LogP contribution in [0.3, 0.4) is 0 Å². The first-order chi connectivity index (χ1) is 13.8. The molecular formula is C20H14Cl2FN3O2S. The van der Waals surface area contributed by atoms with Crippen molar-refractivity contribution in [2.24, 2.45) is 0 Å². The van der Waals surface area contributed by atoms with Crippen LogP contribution < -0.4 is 10.2 Å². The van der Waals surface area contributed by atoms with Crippen LogP contribution in [0.1, 0.15) is 5.56 Å². The number of nitrogens with one attached hydrogen (secondary N) is 1. The molecule has 2 amide bonds. The Bertz CT molecular complexity index is 1050. The Labute approximate surface area is 181 Å². The van der Waals surface area contributed by atoms with Gasteiger partial charge in [0.15, 0.2) is 0 Å². The summed E-state index contributed by atoms with van der Waals surface area (Å²) in [6, 6.07) is 12.1. The van der Waals surface area contributed by atoms with Crippen LogP contribution in [-0.4, -0.2) is 24.1 Å². The Hall–Kier alpha value is -2.53. The molecule has 1 saturated heterocycles. The lowest BCUT2D eigenvalue weighted by atomic mass is 10.1. The molecule has 2 aromatic carbocycles. The van der Waals surface area contributed by atoms with E-state index in [1.807, 2.05) is 6.07 Å². The third-order valence-corrected chi connectivity index (χ3v) is 6.09. The van der Waals surface area contributed by atoms with E-state index < -0.39 is 17.0 Å². The normalized spacial score (nSPS) is 17.8. The average Bonchev–Trinajstić information content (AvgIpc) is 3.01. The Balaban J connectivity index is 2.05. The van der Waals surface area contributed by atoms with Gasteiger partial charge in [0.1, 0.15) is 22.5 Å². The number of anilines is 1. The molecule has 1 aliphatic heterocycles. The summed E-state index contributed by atoms with van der Waals surface area (Å²) in [6.45, 7) is 0. The van der Waals surface area contributed by atoms with E-state index in [1.54, 1.807) is 18.2 Å². The zero-order chi connectivity index (χ0) is 21.1. The number of hydrogen-bond donors (Lipinski definition) is 1. The summed E-state index contributed by atoms with van der Waals surface area (Å²) in [7, 11) is 1.40. The van der Waals surface area contributed by atoms with Crippen molar-refractivity contribution in [1.82, 2.24) is 5.32 Å². The number of benzene rings is 2. The number of amides is 2. The quantitative estimate of drug-likeness (QED) is 0.557. The standard InChI is InChI=1S/C20H14Cl2FN3O2S/c1-25-18(27)15(10-24)20-26(14-6-4-13(23)5-7-14)19(28)17(29-20)8-11-2-3-12(21)9-16(11)22/h2-7,9,17H,8H2,1H3,(H,25,27)/b20-15-. The fraction of sp³-hybridized carbons (Fsp3) is 0.150. The molecule has 1 heterocycles. The molecule has 0 spiro atoms. The van der Waals surface area contributed by atoms with Crippen LogP contribution >= 0.6 is 35.0 Å². The molecule has 29 heavy (non-hydrogen) atoms. The first kappa shape index (κ1) is 21.2. The number of nitrogens with zero attached hydrogens (tertiary/aromatic N) is 2. The lowest BCUT2D eigenvalue weighted by Gasteiger charge is -2.18. The van der Waals surface area contributed by atoms with Gasteiger partial charge in [0.05, 0.1) is 5.25 Å². The summed E-state index contributed by atoms with van der Waals surface area (Å²) >= 11 is 13.3. The zero-order valence-electron chi connectivity index (χ0n) is 15.1. The number of nitriles is 1. The van der Waals surface area contributed by atoms with E-state index in [9.17, 15) is 19.2 Å². The molecule has 148 valence electrons. The second-order valence-corrected chi connectivity index (χ2v) is 8.10. The average molecular weight is 450 g/mol. The molecule has 1 aliphatic rings. The Morgan fingerprint density at radius 3 is 2.55 bits per heavy atom. The Morgan fingerprint density at radius 1 is 1.28 bits per heavy atom. The second-order valence-electron chi connectivity index (χ2n) is 6.07. The molecule has 5 nitrogen and oxygen atoms in total. The zero-order valence-corrected chi connectivity index (χ0v) is 17.4. The SMILES string of the molecule is CNC(=O)/C(C#N)=C1\SC(Cc2ccc(Cl)cc2Cl)C(=O)N1c1ccc(F)cc1. The number of hydrogen-bond acceptors (Lipinski definition) is 4. The van der Waals surface area contributed by atoms with E-state index in [1.165, 1.54) is 36.2 Å². The summed E-state index contributed by atoms with van der Waals surface area (Å²) in [4.78, 5) is 26.6. The minimum absolute atomic E-state index is 0.193. The topological polar surface area (TPSA) is 73.2 Å². The molecule has 1 fully saturated rings. The monoisotopic (exact) mass is 449 g/mol. The molecule has 0 aromatic heterocycles. The fourth-order valence-corrected chi connectivity index (χ4v) is 4.61.